The predicted octanol–water partition coefficient (Wildman–Crippen LogP) is 4.96. The number of benzene rings is 2. The van der Waals surface area contributed by atoms with Crippen molar-refractivity contribution in [2.75, 3.05) is 4.72 Å². The number of nitrogens with one attached hydrogen (secondary N) is 1. The van der Waals surface area contributed by atoms with Crippen LogP contribution in [-0.2, 0) is 16.4 Å². The Morgan fingerprint density at radius 3 is 2.48 bits per heavy atom. The molecule has 1 N–H and O–H groups in total. The van der Waals surface area contributed by atoms with Gasteiger partial charge >= 0.3 is 0 Å². The Hall–Kier alpha value is -0.850. The number of halogens is 2. The average Bonchev–Trinajstić information content (AvgIpc) is 2.40. The second-order valence-corrected chi connectivity index (χ2v) is 8.01. The second kappa shape index (κ2) is 6.94. The molecule has 0 aliphatic carbocycles. The quantitative estimate of drug-likeness (QED) is 0.725. The Morgan fingerprint density at radius 1 is 1.10 bits per heavy atom. The minimum atomic E-state index is -3.62. The van der Waals surface area contributed by atoms with Gasteiger partial charge in [-0.15, -0.1) is 0 Å². The van der Waals surface area contributed by atoms with Crippen molar-refractivity contribution in [3.63, 3.8) is 0 Å². The van der Waals surface area contributed by atoms with Crippen molar-refractivity contribution in [3.8, 4) is 0 Å². The molecule has 0 unspecified atom stereocenters. The first-order valence-corrected chi connectivity index (χ1v) is 9.56. The van der Waals surface area contributed by atoms with Gasteiger partial charge in [0, 0.05) is 8.95 Å². The monoisotopic (exact) mass is 431 g/mol. The van der Waals surface area contributed by atoms with Crippen molar-refractivity contribution in [3.05, 3.63) is 57.0 Å². The van der Waals surface area contributed by atoms with Crippen molar-refractivity contribution < 1.29 is 8.42 Å². The maximum Gasteiger partial charge on any atom is 0.263 e. The molecule has 21 heavy (non-hydrogen) atoms. The highest BCUT2D eigenvalue weighted by Gasteiger charge is 2.19. The fraction of sp³-hybridized carbons (Fsp3) is 0.200. The number of aryl methyl sites for hydroxylation is 1. The van der Waals surface area contributed by atoms with Gasteiger partial charge in [-0.25, -0.2) is 8.42 Å². The van der Waals surface area contributed by atoms with Crippen molar-refractivity contribution >= 4 is 47.6 Å². The number of hydrogen-bond donors (Lipinski definition) is 1. The summed E-state index contributed by atoms with van der Waals surface area (Å²) in [4.78, 5) is 0.219. The summed E-state index contributed by atoms with van der Waals surface area (Å²) in [7, 11) is -3.62. The molecule has 0 aliphatic heterocycles. The van der Waals surface area contributed by atoms with Crippen LogP contribution in [0.25, 0.3) is 0 Å². The van der Waals surface area contributed by atoms with Crippen molar-refractivity contribution in [1.82, 2.24) is 0 Å². The van der Waals surface area contributed by atoms with E-state index in [9.17, 15) is 8.42 Å². The van der Waals surface area contributed by atoms with Gasteiger partial charge < -0.3 is 0 Å². The van der Waals surface area contributed by atoms with Gasteiger partial charge in [0.1, 0.15) is 4.90 Å². The normalized spacial score (nSPS) is 11.4. The van der Waals surface area contributed by atoms with E-state index >= 15 is 0 Å². The van der Waals surface area contributed by atoms with Crippen LogP contribution in [0, 0.1) is 0 Å². The first-order valence-electron chi connectivity index (χ1n) is 6.50. The standard InChI is InChI=1S/C15H15Br2NO2S/c1-2-5-11-6-3-4-7-14(11)18-21(19,20)15-9-8-12(16)10-13(15)17/h3-4,6-10,18H,2,5H2,1H3. The third-order valence-electron chi connectivity index (χ3n) is 2.96. The van der Waals surface area contributed by atoms with Crippen molar-refractivity contribution in [1.29, 1.82) is 0 Å². The molecular weight excluding hydrogens is 418 g/mol. The van der Waals surface area contributed by atoms with Gasteiger partial charge in [0.05, 0.1) is 5.69 Å². The Bertz CT molecular complexity index is 745. The maximum atomic E-state index is 12.5. The lowest BCUT2D eigenvalue weighted by molar-refractivity contribution is 0.600. The third-order valence-corrected chi connectivity index (χ3v) is 5.80. The van der Waals surface area contributed by atoms with E-state index in [4.69, 9.17) is 0 Å². The SMILES string of the molecule is CCCc1ccccc1NS(=O)(=O)c1ccc(Br)cc1Br. The molecule has 6 heteroatoms. The summed E-state index contributed by atoms with van der Waals surface area (Å²) in [5.41, 5.74) is 1.63. The van der Waals surface area contributed by atoms with Gasteiger partial charge in [-0.1, -0.05) is 47.5 Å². The Labute approximate surface area is 142 Å². The van der Waals surface area contributed by atoms with E-state index in [0.29, 0.717) is 10.2 Å². The largest absolute Gasteiger partial charge is 0.279 e. The topological polar surface area (TPSA) is 46.2 Å². The summed E-state index contributed by atoms with van der Waals surface area (Å²) in [5, 5.41) is 0. The van der Waals surface area contributed by atoms with Gasteiger partial charge in [0.2, 0.25) is 0 Å². The zero-order valence-electron chi connectivity index (χ0n) is 11.4. The van der Waals surface area contributed by atoms with E-state index in [2.05, 4.69) is 43.5 Å². The third kappa shape index (κ3) is 4.08. The molecule has 2 aromatic rings. The van der Waals surface area contributed by atoms with Gasteiger partial charge in [0.25, 0.3) is 10.0 Å². The van der Waals surface area contributed by atoms with Gasteiger partial charge in [-0.05, 0) is 52.2 Å². The number of sulfonamides is 1. The number of para-hydroxylation sites is 1. The van der Waals surface area contributed by atoms with Crippen molar-refractivity contribution in [2.24, 2.45) is 0 Å². The van der Waals surface area contributed by atoms with E-state index in [1.807, 2.05) is 18.2 Å². The first kappa shape index (κ1) is 16.5. The summed E-state index contributed by atoms with van der Waals surface area (Å²) >= 11 is 6.61. The zero-order chi connectivity index (χ0) is 15.5. The fourth-order valence-electron chi connectivity index (χ4n) is 2.00. The van der Waals surface area contributed by atoms with Crippen LogP contribution in [0.15, 0.2) is 56.3 Å². The molecule has 0 bridgehead atoms. The highest BCUT2D eigenvalue weighted by Crippen LogP contribution is 2.28. The van der Waals surface area contributed by atoms with Gasteiger partial charge in [-0.2, -0.15) is 0 Å². The molecule has 0 aliphatic rings. The minimum absolute atomic E-state index is 0.219. The highest BCUT2D eigenvalue weighted by molar-refractivity contribution is 9.11. The molecule has 0 atom stereocenters. The number of anilines is 1. The molecule has 2 aromatic carbocycles. The average molecular weight is 433 g/mol. The molecule has 3 nitrogen and oxygen atoms in total. The van der Waals surface area contributed by atoms with Gasteiger partial charge in [0.15, 0.2) is 0 Å². The molecule has 112 valence electrons. The molecule has 0 spiro atoms. The van der Waals surface area contributed by atoms with Crippen LogP contribution in [0.1, 0.15) is 18.9 Å². The zero-order valence-corrected chi connectivity index (χ0v) is 15.4. The molecule has 0 aromatic heterocycles. The predicted molar refractivity (Wildman–Crippen MR) is 93.1 cm³/mol. The number of hydrogen-bond acceptors (Lipinski definition) is 2. The lowest BCUT2D eigenvalue weighted by atomic mass is 10.1. The highest BCUT2D eigenvalue weighted by atomic mass is 79.9. The van der Waals surface area contributed by atoms with Crippen LogP contribution in [0.5, 0.6) is 0 Å². The minimum Gasteiger partial charge on any atom is -0.279 e. The Kier molecular flexibility index (Phi) is 5.46. The molecule has 0 heterocycles. The molecule has 0 saturated carbocycles. The number of rotatable bonds is 5. The summed E-state index contributed by atoms with van der Waals surface area (Å²) in [5.74, 6) is 0. The maximum absolute atomic E-state index is 12.5. The molecule has 0 radical (unpaired) electrons. The van der Waals surface area contributed by atoms with Crippen LogP contribution >= 0.6 is 31.9 Å². The van der Waals surface area contributed by atoms with Gasteiger partial charge in [-0.3, -0.25) is 4.72 Å². The van der Waals surface area contributed by atoms with E-state index in [1.165, 1.54) is 0 Å². The van der Waals surface area contributed by atoms with Crippen LogP contribution in [0.4, 0.5) is 5.69 Å². The molecule has 0 saturated heterocycles. The van der Waals surface area contributed by atoms with Crippen LogP contribution in [-0.4, -0.2) is 8.42 Å². The molecule has 0 amide bonds. The van der Waals surface area contributed by atoms with Crippen LogP contribution in [0.3, 0.4) is 0 Å². The molecule has 0 fully saturated rings. The van der Waals surface area contributed by atoms with Crippen LogP contribution < -0.4 is 4.72 Å². The Balaban J connectivity index is 2.38. The summed E-state index contributed by atoms with van der Waals surface area (Å²) in [6, 6.07) is 12.5. The first-order chi connectivity index (χ1) is 9.94. The summed E-state index contributed by atoms with van der Waals surface area (Å²) in [6.07, 6.45) is 1.79. The van der Waals surface area contributed by atoms with Crippen LogP contribution in [0.2, 0.25) is 0 Å². The molecular formula is C15H15Br2NO2S. The Morgan fingerprint density at radius 2 is 1.81 bits per heavy atom. The van der Waals surface area contributed by atoms with Crippen molar-refractivity contribution in [2.45, 2.75) is 24.7 Å². The van der Waals surface area contributed by atoms with E-state index < -0.39 is 10.0 Å². The van der Waals surface area contributed by atoms with E-state index in [1.54, 1.807) is 24.3 Å². The van der Waals surface area contributed by atoms with E-state index in [0.717, 1.165) is 22.9 Å². The summed E-state index contributed by atoms with van der Waals surface area (Å²) < 4.78 is 29.1. The fourth-order valence-corrected chi connectivity index (χ4v) is 4.85. The second-order valence-electron chi connectivity index (χ2n) is 4.59. The summed E-state index contributed by atoms with van der Waals surface area (Å²) in [6.45, 7) is 2.07. The lowest BCUT2D eigenvalue weighted by Gasteiger charge is -2.13. The smallest absolute Gasteiger partial charge is 0.263 e. The van der Waals surface area contributed by atoms with E-state index in [-0.39, 0.29) is 4.90 Å². The molecule has 2 rings (SSSR count). The lowest BCUT2D eigenvalue weighted by Crippen LogP contribution is -2.14.